The molecule has 0 amide bonds. The van der Waals surface area contributed by atoms with Crippen LogP contribution in [0, 0.1) is 0 Å². The minimum atomic E-state index is 0.529. The zero-order chi connectivity index (χ0) is 7.84. The number of hydrogen-bond acceptors (Lipinski definition) is 1. The highest BCUT2D eigenvalue weighted by molar-refractivity contribution is 6.44. The number of hydrogen-bond donors (Lipinski definition) is 1. The van der Waals surface area contributed by atoms with Crippen LogP contribution in [0.1, 0.15) is 0 Å². The molecule has 0 aliphatic carbocycles. The Morgan fingerprint density at radius 2 is 2.09 bits per heavy atom. The molecule has 0 aliphatic heterocycles. The number of H-pyrrole nitrogens is 1. The fourth-order valence-corrected chi connectivity index (χ4v) is 1.32. The quantitative estimate of drug-likeness (QED) is 0.674. The van der Waals surface area contributed by atoms with Crippen LogP contribution in [-0.2, 0) is 0 Å². The first kappa shape index (κ1) is 6.95. The van der Waals surface area contributed by atoms with Gasteiger partial charge in [0, 0.05) is 0 Å². The van der Waals surface area contributed by atoms with Gasteiger partial charge in [-0.3, -0.25) is 0 Å². The van der Waals surface area contributed by atoms with Crippen LogP contribution in [0.15, 0.2) is 18.5 Å². The highest BCUT2D eigenvalue weighted by atomic mass is 35.5. The van der Waals surface area contributed by atoms with E-state index in [0.29, 0.717) is 10.0 Å². The summed E-state index contributed by atoms with van der Waals surface area (Å²) in [4.78, 5) is 6.92. The van der Waals surface area contributed by atoms with Crippen molar-refractivity contribution in [3.63, 3.8) is 0 Å². The zero-order valence-corrected chi connectivity index (χ0v) is 6.95. The van der Waals surface area contributed by atoms with Crippen molar-refractivity contribution < 1.29 is 0 Å². The van der Waals surface area contributed by atoms with Crippen molar-refractivity contribution >= 4 is 34.2 Å². The smallest absolute Gasteiger partial charge is 0.0932 e. The second kappa shape index (κ2) is 2.40. The predicted octanol–water partition coefficient (Wildman–Crippen LogP) is 2.87. The summed E-state index contributed by atoms with van der Waals surface area (Å²) in [5.41, 5.74) is 1.62. The first-order valence-electron chi connectivity index (χ1n) is 3.06. The molecule has 1 aromatic heterocycles. The molecular weight excluding hydrogens is 183 g/mol. The number of rotatable bonds is 0. The molecule has 1 N–H and O–H groups in total. The van der Waals surface area contributed by atoms with E-state index >= 15 is 0 Å². The highest BCUT2D eigenvalue weighted by Gasteiger charge is 2.03. The molecular formula is C7H4Cl2N2. The first-order valence-corrected chi connectivity index (χ1v) is 3.82. The molecule has 0 spiro atoms. The number of aromatic nitrogens is 2. The third kappa shape index (κ3) is 0.988. The van der Waals surface area contributed by atoms with E-state index in [1.807, 2.05) is 6.07 Å². The molecule has 2 nitrogen and oxygen atoms in total. The van der Waals surface area contributed by atoms with Gasteiger partial charge in [-0.05, 0) is 12.1 Å². The lowest BCUT2D eigenvalue weighted by Crippen LogP contribution is -1.72. The Labute approximate surface area is 73.1 Å². The molecule has 0 fully saturated rings. The van der Waals surface area contributed by atoms with Crippen molar-refractivity contribution in [2.45, 2.75) is 0 Å². The largest absolute Gasteiger partial charge is 0.343 e. The van der Waals surface area contributed by atoms with Crippen LogP contribution in [0.2, 0.25) is 10.0 Å². The third-order valence-electron chi connectivity index (χ3n) is 1.49. The van der Waals surface area contributed by atoms with Crippen molar-refractivity contribution in [2.75, 3.05) is 0 Å². The number of benzene rings is 1. The van der Waals surface area contributed by atoms with E-state index in [-0.39, 0.29) is 0 Å². The second-order valence-corrected chi connectivity index (χ2v) is 2.94. The molecule has 0 atom stereocenters. The molecule has 1 heterocycles. The summed E-state index contributed by atoms with van der Waals surface area (Å²) >= 11 is 11.6. The number of halogens is 2. The highest BCUT2D eigenvalue weighted by Crippen LogP contribution is 2.27. The standard InChI is InChI=1S/C7H4Cl2N2/c8-4-1-2-5-7(6(4)9)11-3-10-5/h1-3H,(H,10,11). The van der Waals surface area contributed by atoms with Crippen molar-refractivity contribution in [3.8, 4) is 0 Å². The summed E-state index contributed by atoms with van der Waals surface area (Å²) in [6, 6.07) is 3.55. The average molecular weight is 187 g/mol. The first-order chi connectivity index (χ1) is 5.29. The van der Waals surface area contributed by atoms with E-state index in [1.54, 1.807) is 12.4 Å². The minimum Gasteiger partial charge on any atom is -0.343 e. The van der Waals surface area contributed by atoms with Crippen LogP contribution in [0.5, 0.6) is 0 Å². The average Bonchev–Trinajstić information content (AvgIpc) is 2.45. The summed E-state index contributed by atoms with van der Waals surface area (Å²) in [6.45, 7) is 0. The Kier molecular flexibility index (Phi) is 1.51. The van der Waals surface area contributed by atoms with Gasteiger partial charge >= 0.3 is 0 Å². The molecule has 0 saturated carbocycles. The lowest BCUT2D eigenvalue weighted by atomic mass is 10.3. The van der Waals surface area contributed by atoms with Gasteiger partial charge in [-0.25, -0.2) is 4.98 Å². The van der Waals surface area contributed by atoms with E-state index in [2.05, 4.69) is 9.97 Å². The molecule has 2 rings (SSSR count). The molecule has 4 heteroatoms. The fraction of sp³-hybridized carbons (Fsp3) is 0. The van der Waals surface area contributed by atoms with E-state index in [9.17, 15) is 0 Å². The van der Waals surface area contributed by atoms with Crippen LogP contribution in [0.3, 0.4) is 0 Å². The van der Waals surface area contributed by atoms with Crippen LogP contribution in [-0.4, -0.2) is 9.97 Å². The maximum atomic E-state index is 5.86. The van der Waals surface area contributed by atoms with Gasteiger partial charge in [-0.1, -0.05) is 23.2 Å². The number of fused-ring (bicyclic) bond motifs is 1. The molecule has 0 aliphatic rings. The van der Waals surface area contributed by atoms with Gasteiger partial charge in [0.05, 0.1) is 27.4 Å². The van der Waals surface area contributed by atoms with E-state index in [0.717, 1.165) is 11.0 Å². The predicted molar refractivity (Wildman–Crippen MR) is 46.1 cm³/mol. The van der Waals surface area contributed by atoms with Gasteiger partial charge in [0.25, 0.3) is 0 Å². The summed E-state index contributed by atoms with van der Waals surface area (Å²) in [6.07, 6.45) is 1.59. The Hall–Kier alpha value is -0.730. The summed E-state index contributed by atoms with van der Waals surface area (Å²) < 4.78 is 0. The number of imidazole rings is 1. The summed E-state index contributed by atoms with van der Waals surface area (Å²) in [5.74, 6) is 0. The fourth-order valence-electron chi connectivity index (χ4n) is 0.952. The minimum absolute atomic E-state index is 0.529. The molecule has 0 radical (unpaired) electrons. The number of nitrogens with one attached hydrogen (secondary N) is 1. The lowest BCUT2D eigenvalue weighted by Gasteiger charge is -1.94. The normalized spacial score (nSPS) is 10.7. The molecule has 2 aromatic rings. The number of nitrogens with zero attached hydrogens (tertiary/aromatic N) is 1. The Balaban J connectivity index is 2.93. The van der Waals surface area contributed by atoms with Crippen LogP contribution in [0.25, 0.3) is 11.0 Å². The molecule has 0 unspecified atom stereocenters. The maximum Gasteiger partial charge on any atom is 0.0932 e. The van der Waals surface area contributed by atoms with Crippen LogP contribution in [0.4, 0.5) is 0 Å². The van der Waals surface area contributed by atoms with Gasteiger partial charge in [-0.2, -0.15) is 0 Å². The molecule has 0 saturated heterocycles. The van der Waals surface area contributed by atoms with Gasteiger partial charge in [0.15, 0.2) is 0 Å². The molecule has 56 valence electrons. The van der Waals surface area contributed by atoms with Crippen molar-refractivity contribution in [1.82, 2.24) is 9.97 Å². The zero-order valence-electron chi connectivity index (χ0n) is 5.44. The van der Waals surface area contributed by atoms with Gasteiger partial charge in [-0.15, -0.1) is 0 Å². The topological polar surface area (TPSA) is 28.7 Å². The lowest BCUT2D eigenvalue weighted by molar-refractivity contribution is 1.34. The Morgan fingerprint density at radius 3 is 2.91 bits per heavy atom. The van der Waals surface area contributed by atoms with Crippen molar-refractivity contribution in [1.29, 1.82) is 0 Å². The summed E-state index contributed by atoms with van der Waals surface area (Å²) in [7, 11) is 0. The molecule has 0 bridgehead atoms. The van der Waals surface area contributed by atoms with Crippen molar-refractivity contribution in [2.24, 2.45) is 0 Å². The van der Waals surface area contributed by atoms with E-state index in [1.165, 1.54) is 0 Å². The van der Waals surface area contributed by atoms with E-state index in [4.69, 9.17) is 23.2 Å². The Bertz CT molecular complexity index is 394. The van der Waals surface area contributed by atoms with Crippen molar-refractivity contribution in [3.05, 3.63) is 28.5 Å². The van der Waals surface area contributed by atoms with Crippen LogP contribution < -0.4 is 0 Å². The van der Waals surface area contributed by atoms with E-state index < -0.39 is 0 Å². The Morgan fingerprint density at radius 1 is 1.27 bits per heavy atom. The van der Waals surface area contributed by atoms with Gasteiger partial charge < -0.3 is 4.98 Å². The monoisotopic (exact) mass is 186 g/mol. The molecule has 1 aromatic carbocycles. The summed E-state index contributed by atoms with van der Waals surface area (Å²) in [5, 5.41) is 1.07. The molecule has 11 heavy (non-hydrogen) atoms. The second-order valence-electron chi connectivity index (χ2n) is 2.16. The van der Waals surface area contributed by atoms with Gasteiger partial charge in [0.2, 0.25) is 0 Å². The maximum absolute atomic E-state index is 5.86. The third-order valence-corrected chi connectivity index (χ3v) is 2.29. The van der Waals surface area contributed by atoms with Gasteiger partial charge in [0.1, 0.15) is 0 Å². The van der Waals surface area contributed by atoms with Crippen LogP contribution >= 0.6 is 23.2 Å². The SMILES string of the molecule is Clc1ccc2nc[nH]c2c1Cl. The number of aromatic amines is 1.